The summed E-state index contributed by atoms with van der Waals surface area (Å²) < 4.78 is 2.39. The number of carbonyl (C=O) groups excluding carboxylic acids is 1. The number of likely N-dealkylation sites (N-methyl/N-ethyl adjacent to an activating group) is 1. The Kier molecular flexibility index (Phi) is 4.22. The van der Waals surface area contributed by atoms with Crippen LogP contribution in [0, 0.1) is 5.41 Å². The molecule has 0 unspecified atom stereocenters. The van der Waals surface area contributed by atoms with E-state index in [1.54, 1.807) is 0 Å². The van der Waals surface area contributed by atoms with E-state index in [9.17, 15) is 4.79 Å². The minimum absolute atomic E-state index is 0.135. The summed E-state index contributed by atoms with van der Waals surface area (Å²) in [6.07, 6.45) is 2.88. The van der Waals surface area contributed by atoms with Crippen LogP contribution in [0.25, 0.3) is 10.9 Å². The van der Waals surface area contributed by atoms with Gasteiger partial charge in [0.1, 0.15) is 0 Å². The van der Waals surface area contributed by atoms with Gasteiger partial charge in [-0.2, -0.15) is 0 Å². The molecule has 1 amide bonds. The van der Waals surface area contributed by atoms with Crippen LogP contribution in [-0.4, -0.2) is 29.0 Å². The molecule has 5 rings (SSSR count). The summed E-state index contributed by atoms with van der Waals surface area (Å²) in [4.78, 5) is 15.4. The molecule has 1 saturated carbocycles. The molecule has 0 spiro atoms. The maximum absolute atomic E-state index is 13.1. The van der Waals surface area contributed by atoms with E-state index in [1.807, 2.05) is 36.4 Å². The Hall–Kier alpha value is -2.30. The number of halogens is 1. The number of fused-ring (bicyclic) bond motifs is 3. The maximum atomic E-state index is 13.1. The molecule has 2 aliphatic rings. The minimum Gasteiger partial charge on any atom is -0.343 e. The largest absolute Gasteiger partial charge is 0.343 e. The Morgan fingerprint density at radius 3 is 2.71 bits per heavy atom. The number of carbonyl (C=O) groups is 1. The number of nitrogens with zero attached hydrogens (tertiary/aromatic N) is 2. The molecular weight excluding hydrogens is 370 g/mol. The Morgan fingerprint density at radius 2 is 1.96 bits per heavy atom. The smallest absolute Gasteiger partial charge is 0.232 e. The molecule has 3 aromatic rings. The molecule has 0 radical (unpaired) electrons. The summed E-state index contributed by atoms with van der Waals surface area (Å²) in [6, 6.07) is 15.9. The van der Waals surface area contributed by atoms with Gasteiger partial charge < -0.3 is 14.8 Å². The van der Waals surface area contributed by atoms with Crippen LogP contribution in [0.3, 0.4) is 0 Å². The van der Waals surface area contributed by atoms with Crippen LogP contribution in [-0.2, 0) is 24.3 Å². The van der Waals surface area contributed by atoms with Crippen molar-refractivity contribution in [3.63, 3.8) is 0 Å². The highest BCUT2D eigenvalue weighted by atomic mass is 35.5. The number of benzene rings is 2. The van der Waals surface area contributed by atoms with Gasteiger partial charge in [0.25, 0.3) is 0 Å². The van der Waals surface area contributed by atoms with Crippen LogP contribution in [0.1, 0.15) is 24.1 Å². The summed E-state index contributed by atoms with van der Waals surface area (Å²) in [5.74, 6) is 0.135. The molecule has 0 atom stereocenters. The van der Waals surface area contributed by atoms with Gasteiger partial charge in [-0.15, -0.1) is 0 Å². The third kappa shape index (κ3) is 3.01. The fourth-order valence-electron chi connectivity index (χ4n) is 4.43. The van der Waals surface area contributed by atoms with Crippen LogP contribution in [0.15, 0.2) is 48.5 Å². The van der Waals surface area contributed by atoms with Crippen LogP contribution in [0.5, 0.6) is 0 Å². The number of nitrogens with one attached hydrogen (secondary N) is 1. The van der Waals surface area contributed by atoms with Crippen molar-refractivity contribution in [1.29, 1.82) is 0 Å². The first-order valence-electron chi connectivity index (χ1n) is 9.90. The molecule has 4 nitrogen and oxygen atoms in total. The lowest BCUT2D eigenvalue weighted by Crippen LogP contribution is -2.31. The van der Waals surface area contributed by atoms with Crippen molar-refractivity contribution in [2.75, 3.05) is 18.9 Å². The molecule has 2 aromatic carbocycles. The number of hydrogen-bond donors (Lipinski definition) is 1. The first kappa shape index (κ1) is 17.8. The second-order valence-electron chi connectivity index (χ2n) is 8.26. The van der Waals surface area contributed by atoms with Crippen LogP contribution in [0.4, 0.5) is 5.69 Å². The van der Waals surface area contributed by atoms with Gasteiger partial charge in [0, 0.05) is 53.4 Å². The molecule has 1 N–H and O–H groups in total. The van der Waals surface area contributed by atoms with Crippen LogP contribution in [0.2, 0.25) is 5.02 Å². The lowest BCUT2D eigenvalue weighted by Gasteiger charge is -2.25. The van der Waals surface area contributed by atoms with E-state index in [0.29, 0.717) is 0 Å². The summed E-state index contributed by atoms with van der Waals surface area (Å²) in [5, 5.41) is 5.12. The molecule has 0 bridgehead atoms. The summed E-state index contributed by atoms with van der Waals surface area (Å²) >= 11 is 6.31. The van der Waals surface area contributed by atoms with Gasteiger partial charge >= 0.3 is 0 Å². The molecule has 28 heavy (non-hydrogen) atoms. The number of rotatable bonds is 4. The maximum Gasteiger partial charge on any atom is 0.232 e. The Balaban J connectivity index is 1.51. The molecule has 5 heteroatoms. The van der Waals surface area contributed by atoms with E-state index in [0.717, 1.165) is 49.6 Å². The molecule has 1 aliphatic carbocycles. The second-order valence-corrected chi connectivity index (χ2v) is 8.70. The number of amides is 1. The third-order valence-electron chi connectivity index (χ3n) is 6.23. The summed E-state index contributed by atoms with van der Waals surface area (Å²) in [6.45, 7) is 2.71. The quantitative estimate of drug-likeness (QED) is 0.697. The lowest BCUT2D eigenvalue weighted by atomic mass is 10.0. The van der Waals surface area contributed by atoms with E-state index in [1.165, 1.54) is 22.2 Å². The van der Waals surface area contributed by atoms with Gasteiger partial charge in [0.2, 0.25) is 5.91 Å². The Morgan fingerprint density at radius 1 is 1.18 bits per heavy atom. The molecule has 1 aromatic heterocycles. The molecule has 1 fully saturated rings. The Labute approximate surface area is 170 Å². The topological polar surface area (TPSA) is 37.3 Å². The minimum atomic E-state index is -0.307. The van der Waals surface area contributed by atoms with Crippen molar-refractivity contribution in [3.8, 4) is 0 Å². The van der Waals surface area contributed by atoms with E-state index >= 15 is 0 Å². The van der Waals surface area contributed by atoms with Crippen molar-refractivity contribution in [2.45, 2.75) is 32.4 Å². The van der Waals surface area contributed by atoms with Crippen molar-refractivity contribution in [3.05, 3.63) is 64.8 Å². The first-order valence-corrected chi connectivity index (χ1v) is 10.3. The van der Waals surface area contributed by atoms with Crippen molar-refractivity contribution >= 4 is 34.1 Å². The molecule has 144 valence electrons. The highest BCUT2D eigenvalue weighted by Gasteiger charge is 2.50. The van der Waals surface area contributed by atoms with E-state index < -0.39 is 0 Å². The standard InChI is InChI=1S/C23H24ClN3O/c1-26-12-9-21-19(14-26)18-13-16(24)7-8-20(18)27(21)15-23(10-11-23)22(28)25-17-5-3-2-4-6-17/h2-8,13H,9-12,14-15H2,1H3,(H,25,28). The fourth-order valence-corrected chi connectivity index (χ4v) is 4.61. The predicted octanol–water partition coefficient (Wildman–Crippen LogP) is 4.70. The zero-order valence-electron chi connectivity index (χ0n) is 16.0. The predicted molar refractivity (Wildman–Crippen MR) is 114 cm³/mol. The number of hydrogen-bond acceptors (Lipinski definition) is 2. The van der Waals surface area contributed by atoms with E-state index in [-0.39, 0.29) is 11.3 Å². The van der Waals surface area contributed by atoms with Crippen molar-refractivity contribution in [1.82, 2.24) is 9.47 Å². The zero-order valence-corrected chi connectivity index (χ0v) is 16.8. The summed E-state index contributed by atoms with van der Waals surface area (Å²) in [5.41, 5.74) is 4.49. The average Bonchev–Trinajstić information content (AvgIpc) is 3.42. The first-order chi connectivity index (χ1) is 13.6. The van der Waals surface area contributed by atoms with Gasteiger partial charge in [-0.25, -0.2) is 0 Å². The zero-order chi connectivity index (χ0) is 19.3. The van der Waals surface area contributed by atoms with E-state index in [2.05, 4.69) is 34.0 Å². The van der Waals surface area contributed by atoms with Crippen LogP contribution >= 0.6 is 11.6 Å². The monoisotopic (exact) mass is 393 g/mol. The number of anilines is 1. The van der Waals surface area contributed by atoms with Gasteiger partial charge in [0.05, 0.1) is 5.41 Å². The fraction of sp³-hybridized carbons (Fsp3) is 0.348. The Bertz CT molecular complexity index is 1050. The van der Waals surface area contributed by atoms with Gasteiger partial charge in [-0.05, 0) is 55.8 Å². The average molecular weight is 394 g/mol. The highest BCUT2D eigenvalue weighted by Crippen LogP contribution is 2.49. The van der Waals surface area contributed by atoms with Crippen molar-refractivity contribution < 1.29 is 4.79 Å². The molecule has 1 aliphatic heterocycles. The van der Waals surface area contributed by atoms with Crippen LogP contribution < -0.4 is 5.32 Å². The number of aromatic nitrogens is 1. The van der Waals surface area contributed by atoms with Gasteiger partial charge in [-0.1, -0.05) is 29.8 Å². The number of para-hydroxylation sites is 1. The highest BCUT2D eigenvalue weighted by molar-refractivity contribution is 6.31. The second kappa shape index (κ2) is 6.64. The molecular formula is C23H24ClN3O. The van der Waals surface area contributed by atoms with Crippen molar-refractivity contribution in [2.24, 2.45) is 5.41 Å². The SMILES string of the molecule is CN1CCc2c(c3cc(Cl)ccc3n2CC2(C(=O)Nc3ccccc3)CC2)C1. The van der Waals surface area contributed by atoms with Gasteiger partial charge in [0.15, 0.2) is 0 Å². The third-order valence-corrected chi connectivity index (χ3v) is 6.47. The normalized spacial score (nSPS) is 18.1. The van der Waals surface area contributed by atoms with Gasteiger partial charge in [-0.3, -0.25) is 4.79 Å². The summed E-state index contributed by atoms with van der Waals surface area (Å²) in [7, 11) is 2.16. The van der Waals surface area contributed by atoms with E-state index in [4.69, 9.17) is 11.6 Å². The lowest BCUT2D eigenvalue weighted by molar-refractivity contribution is -0.121. The molecule has 2 heterocycles. The molecule has 0 saturated heterocycles.